The molecule has 0 aliphatic heterocycles. The number of hydrogen-bond donors (Lipinski definition) is 1. The van der Waals surface area contributed by atoms with E-state index in [0.29, 0.717) is 17.3 Å². The van der Waals surface area contributed by atoms with E-state index >= 15 is 0 Å². The van der Waals surface area contributed by atoms with Crippen molar-refractivity contribution < 1.29 is 4.79 Å². The lowest BCUT2D eigenvalue weighted by Gasteiger charge is -2.03. The van der Waals surface area contributed by atoms with E-state index in [2.05, 4.69) is 44.5 Å². The molecule has 0 saturated heterocycles. The molecule has 0 radical (unpaired) electrons. The van der Waals surface area contributed by atoms with Gasteiger partial charge in [-0.15, -0.1) is 12.6 Å². The summed E-state index contributed by atoms with van der Waals surface area (Å²) in [5, 5.41) is 0.690. The number of hydrogen-bond acceptors (Lipinski definition) is 2. The van der Waals surface area contributed by atoms with Gasteiger partial charge in [0.25, 0.3) is 0 Å². The van der Waals surface area contributed by atoms with Crippen LogP contribution in [0.3, 0.4) is 0 Å². The third kappa shape index (κ3) is 2.82. The van der Waals surface area contributed by atoms with Crippen LogP contribution in [0.2, 0.25) is 0 Å². The van der Waals surface area contributed by atoms with Crippen LogP contribution in [0.15, 0.2) is 27.6 Å². The summed E-state index contributed by atoms with van der Waals surface area (Å²) in [6, 6.07) is 5.47. The van der Waals surface area contributed by atoms with Gasteiger partial charge in [-0.2, -0.15) is 0 Å². The predicted octanol–water partition coefficient (Wildman–Crippen LogP) is 3.71. The minimum atomic E-state index is 0.125. The van der Waals surface area contributed by atoms with Crippen LogP contribution in [0.25, 0.3) is 0 Å². The van der Waals surface area contributed by atoms with Gasteiger partial charge in [0.15, 0.2) is 5.78 Å². The minimum Gasteiger partial charge on any atom is -0.294 e. The highest BCUT2D eigenvalue weighted by Crippen LogP contribution is 2.25. The summed E-state index contributed by atoms with van der Waals surface area (Å²) in [5.74, 6) is 0.125. The molecule has 4 heteroatoms. The highest BCUT2D eigenvalue weighted by Gasteiger charge is 2.10. The molecule has 0 aromatic heterocycles. The number of alkyl halides is 1. The predicted molar refractivity (Wildman–Crippen MR) is 64.1 cm³/mol. The van der Waals surface area contributed by atoms with Gasteiger partial charge in [0.1, 0.15) is 0 Å². The van der Waals surface area contributed by atoms with Crippen LogP contribution in [-0.4, -0.2) is 11.1 Å². The highest BCUT2D eigenvalue weighted by molar-refractivity contribution is 9.10. The second-order valence-electron chi connectivity index (χ2n) is 2.50. The Labute approximate surface area is 99.6 Å². The van der Waals surface area contributed by atoms with Gasteiger partial charge in [0.05, 0.1) is 0 Å². The summed E-state index contributed by atoms with van der Waals surface area (Å²) in [4.78, 5) is 12.3. The first-order chi connectivity index (χ1) is 6.16. The fourth-order valence-corrected chi connectivity index (χ4v) is 2.01. The summed E-state index contributed by atoms with van der Waals surface area (Å²) in [6.45, 7) is 0. The normalized spacial score (nSPS) is 10.1. The van der Waals surface area contributed by atoms with Gasteiger partial charge in [-0.3, -0.25) is 4.79 Å². The van der Waals surface area contributed by atoms with Gasteiger partial charge in [-0.05, 0) is 22.0 Å². The zero-order valence-corrected chi connectivity index (χ0v) is 10.8. The van der Waals surface area contributed by atoms with Gasteiger partial charge in [-0.25, -0.2) is 0 Å². The molecule has 0 saturated carbocycles. The fraction of sp³-hybridized carbons (Fsp3) is 0.222. The summed E-state index contributed by atoms with van der Waals surface area (Å²) in [5.41, 5.74) is 0.701. The van der Waals surface area contributed by atoms with Gasteiger partial charge in [-0.1, -0.05) is 28.1 Å². The average molecular weight is 324 g/mol. The van der Waals surface area contributed by atoms with Crippen LogP contribution >= 0.6 is 44.5 Å². The summed E-state index contributed by atoms with van der Waals surface area (Å²) < 4.78 is 0.782. The standard InChI is InChI=1S/C9H8Br2OS/c10-5-4-7(12)6-2-1-3-8(13)9(6)11/h1-3,13H,4-5H2. The van der Waals surface area contributed by atoms with Crippen molar-refractivity contribution in [3.63, 3.8) is 0 Å². The van der Waals surface area contributed by atoms with E-state index in [9.17, 15) is 4.79 Å². The van der Waals surface area contributed by atoms with Crippen molar-refractivity contribution >= 4 is 50.3 Å². The van der Waals surface area contributed by atoms with E-state index < -0.39 is 0 Å². The molecule has 0 heterocycles. The average Bonchev–Trinajstić information content (AvgIpc) is 2.10. The smallest absolute Gasteiger partial charge is 0.164 e. The molecule has 70 valence electrons. The van der Waals surface area contributed by atoms with E-state index in [1.807, 2.05) is 12.1 Å². The summed E-state index contributed by atoms with van der Waals surface area (Å²) in [7, 11) is 0. The molecule has 0 spiro atoms. The Morgan fingerprint density at radius 3 is 2.77 bits per heavy atom. The Hall–Kier alpha value is 0.200. The molecule has 0 atom stereocenters. The largest absolute Gasteiger partial charge is 0.294 e. The van der Waals surface area contributed by atoms with Crippen LogP contribution in [0.1, 0.15) is 16.8 Å². The van der Waals surface area contributed by atoms with Crippen LogP contribution in [0, 0.1) is 0 Å². The molecule has 1 aromatic rings. The van der Waals surface area contributed by atoms with E-state index in [1.165, 1.54) is 0 Å². The number of halogens is 2. The van der Waals surface area contributed by atoms with Crippen LogP contribution in [0.5, 0.6) is 0 Å². The maximum Gasteiger partial charge on any atom is 0.164 e. The molecular formula is C9H8Br2OS. The van der Waals surface area contributed by atoms with Gasteiger partial charge < -0.3 is 0 Å². The molecule has 13 heavy (non-hydrogen) atoms. The molecular weight excluding hydrogens is 316 g/mol. The summed E-state index contributed by atoms with van der Waals surface area (Å²) >= 11 is 10.8. The SMILES string of the molecule is O=C(CCBr)c1cccc(S)c1Br. The van der Waals surface area contributed by atoms with Crippen LogP contribution in [-0.2, 0) is 0 Å². The second kappa shape index (κ2) is 5.17. The monoisotopic (exact) mass is 322 g/mol. The Morgan fingerprint density at radius 2 is 2.15 bits per heavy atom. The first kappa shape index (κ1) is 11.3. The number of Topliss-reactive ketones (excluding diaryl/α,β-unsaturated/α-hetero) is 1. The first-order valence-corrected chi connectivity index (χ1v) is 6.09. The number of benzene rings is 1. The highest BCUT2D eigenvalue weighted by atomic mass is 79.9. The van der Waals surface area contributed by atoms with E-state index in [0.717, 1.165) is 9.37 Å². The van der Waals surface area contributed by atoms with Crippen molar-refractivity contribution in [3.05, 3.63) is 28.2 Å². The van der Waals surface area contributed by atoms with Crippen molar-refractivity contribution in [1.29, 1.82) is 0 Å². The lowest BCUT2D eigenvalue weighted by molar-refractivity contribution is 0.0989. The molecule has 0 fully saturated rings. The first-order valence-electron chi connectivity index (χ1n) is 3.73. The summed E-state index contributed by atoms with van der Waals surface area (Å²) in [6.07, 6.45) is 0.510. The lowest BCUT2D eigenvalue weighted by Crippen LogP contribution is -2.00. The van der Waals surface area contributed by atoms with Crippen molar-refractivity contribution in [3.8, 4) is 0 Å². The topological polar surface area (TPSA) is 17.1 Å². The van der Waals surface area contributed by atoms with Gasteiger partial charge in [0, 0.05) is 26.7 Å². The maximum absolute atomic E-state index is 11.5. The van der Waals surface area contributed by atoms with E-state index in [-0.39, 0.29) is 5.78 Å². The molecule has 1 aromatic carbocycles. The molecule has 1 rings (SSSR count). The zero-order valence-electron chi connectivity index (χ0n) is 6.76. The Balaban J connectivity index is 3.01. The third-order valence-corrected chi connectivity index (χ3v) is 3.53. The second-order valence-corrected chi connectivity index (χ2v) is 4.57. The fourth-order valence-electron chi connectivity index (χ4n) is 0.956. The minimum absolute atomic E-state index is 0.125. The van der Waals surface area contributed by atoms with Crippen molar-refractivity contribution in [2.45, 2.75) is 11.3 Å². The Bertz CT molecular complexity index is 325. The number of thiol groups is 1. The quantitative estimate of drug-likeness (QED) is 0.510. The van der Waals surface area contributed by atoms with Crippen LogP contribution < -0.4 is 0 Å². The molecule has 0 amide bonds. The number of carbonyl (C=O) groups is 1. The van der Waals surface area contributed by atoms with Crippen LogP contribution in [0.4, 0.5) is 0 Å². The molecule has 0 bridgehead atoms. The zero-order chi connectivity index (χ0) is 9.84. The third-order valence-electron chi connectivity index (χ3n) is 1.60. The number of carbonyl (C=O) groups excluding carboxylic acids is 1. The molecule has 0 N–H and O–H groups in total. The van der Waals surface area contributed by atoms with Crippen molar-refractivity contribution in [2.75, 3.05) is 5.33 Å². The molecule has 0 unspecified atom stereocenters. The van der Waals surface area contributed by atoms with Gasteiger partial charge in [0.2, 0.25) is 0 Å². The molecule has 0 aliphatic carbocycles. The van der Waals surface area contributed by atoms with Gasteiger partial charge >= 0.3 is 0 Å². The Kier molecular flexibility index (Phi) is 4.49. The van der Waals surface area contributed by atoms with E-state index in [4.69, 9.17) is 0 Å². The Morgan fingerprint density at radius 1 is 1.46 bits per heavy atom. The lowest BCUT2D eigenvalue weighted by atomic mass is 10.1. The molecule has 1 nitrogen and oxygen atoms in total. The van der Waals surface area contributed by atoms with Crippen molar-refractivity contribution in [1.82, 2.24) is 0 Å². The van der Waals surface area contributed by atoms with Crippen molar-refractivity contribution in [2.24, 2.45) is 0 Å². The number of rotatable bonds is 3. The molecule has 0 aliphatic rings. The number of ketones is 1. The van der Waals surface area contributed by atoms with E-state index in [1.54, 1.807) is 6.07 Å². The maximum atomic E-state index is 11.5.